The monoisotopic (exact) mass is 357 g/mol. The minimum atomic E-state index is -0.311. The van der Waals surface area contributed by atoms with Crippen LogP contribution in [0, 0.1) is 11.7 Å². The average molecular weight is 357 g/mol. The zero-order valence-corrected chi connectivity index (χ0v) is 14.8. The number of pyridine rings is 1. The zero-order chi connectivity index (χ0) is 18.5. The van der Waals surface area contributed by atoms with E-state index in [1.54, 1.807) is 24.5 Å². The molecule has 1 aromatic carbocycles. The minimum absolute atomic E-state index is 0.0859. The van der Waals surface area contributed by atoms with Crippen molar-refractivity contribution in [1.82, 2.24) is 15.2 Å². The Bertz CT molecular complexity index is 718. The summed E-state index contributed by atoms with van der Waals surface area (Å²) < 4.78 is 13.2. The highest BCUT2D eigenvalue weighted by molar-refractivity contribution is 5.78. The van der Waals surface area contributed by atoms with Gasteiger partial charge in [0, 0.05) is 18.9 Å². The lowest BCUT2D eigenvalue weighted by Gasteiger charge is -2.38. The molecule has 0 radical (unpaired) electrons. The Morgan fingerprint density at radius 2 is 1.92 bits per heavy atom. The smallest absolute Gasteiger partial charge is 0.234 e. The van der Waals surface area contributed by atoms with Gasteiger partial charge in [-0.25, -0.2) is 4.39 Å². The van der Waals surface area contributed by atoms with Crippen LogP contribution in [0.5, 0.6) is 0 Å². The summed E-state index contributed by atoms with van der Waals surface area (Å²) >= 11 is 0. The van der Waals surface area contributed by atoms with E-state index < -0.39 is 0 Å². The molecule has 0 aliphatic heterocycles. The zero-order valence-electron chi connectivity index (χ0n) is 14.8. The third-order valence-corrected chi connectivity index (χ3v) is 4.78. The summed E-state index contributed by atoms with van der Waals surface area (Å²) in [5, 5.41) is 12.7. The van der Waals surface area contributed by atoms with Crippen molar-refractivity contribution in [3.05, 3.63) is 65.7 Å². The number of benzene rings is 1. The topological polar surface area (TPSA) is 65.5 Å². The highest BCUT2D eigenvalue weighted by Crippen LogP contribution is 2.38. The number of rotatable bonds is 7. The standard InChI is InChI=1S/C20H24FN3O2/c1-24(12-14-6-8-22-9-7-14)13-19(26)23-20(16-10-18(25)11-16)15-2-4-17(21)5-3-15/h2-9,16,18,20,25H,10-13H2,1H3,(H,23,26)/t16?,18?,20-/m1/s1. The molecule has 5 nitrogen and oxygen atoms in total. The molecule has 2 N–H and O–H groups in total. The van der Waals surface area contributed by atoms with Gasteiger partial charge in [0.25, 0.3) is 0 Å². The molecule has 6 heteroatoms. The minimum Gasteiger partial charge on any atom is -0.393 e. The summed E-state index contributed by atoms with van der Waals surface area (Å²) in [6.07, 6.45) is 4.45. The predicted molar refractivity (Wildman–Crippen MR) is 96.6 cm³/mol. The maximum Gasteiger partial charge on any atom is 0.234 e. The Hall–Kier alpha value is -2.31. The Labute approximate surface area is 152 Å². The number of halogens is 1. The molecular formula is C20H24FN3O2. The summed E-state index contributed by atoms with van der Waals surface area (Å²) in [6, 6.07) is 9.84. The van der Waals surface area contributed by atoms with Crippen molar-refractivity contribution in [2.75, 3.05) is 13.6 Å². The van der Waals surface area contributed by atoms with E-state index in [9.17, 15) is 14.3 Å². The van der Waals surface area contributed by atoms with Gasteiger partial charge in [-0.05, 0) is 61.2 Å². The molecule has 0 bridgehead atoms. The van der Waals surface area contributed by atoms with Crippen LogP contribution in [0.15, 0.2) is 48.8 Å². The van der Waals surface area contributed by atoms with Gasteiger partial charge in [-0.15, -0.1) is 0 Å². The van der Waals surface area contributed by atoms with Crippen molar-refractivity contribution in [3.8, 4) is 0 Å². The van der Waals surface area contributed by atoms with E-state index in [2.05, 4.69) is 10.3 Å². The number of aliphatic hydroxyl groups excluding tert-OH is 1. The van der Waals surface area contributed by atoms with Crippen molar-refractivity contribution >= 4 is 5.91 Å². The van der Waals surface area contributed by atoms with Gasteiger partial charge in [0.05, 0.1) is 18.7 Å². The summed E-state index contributed by atoms with van der Waals surface area (Å²) in [6.45, 7) is 0.911. The van der Waals surface area contributed by atoms with Crippen LogP contribution in [0.3, 0.4) is 0 Å². The van der Waals surface area contributed by atoms with E-state index in [-0.39, 0.29) is 36.3 Å². The average Bonchev–Trinajstić information content (AvgIpc) is 2.59. The molecule has 26 heavy (non-hydrogen) atoms. The first-order valence-corrected chi connectivity index (χ1v) is 8.81. The van der Waals surface area contributed by atoms with Crippen LogP contribution in [-0.4, -0.2) is 40.6 Å². The molecule has 138 valence electrons. The van der Waals surface area contributed by atoms with E-state index in [0.29, 0.717) is 19.4 Å². The molecule has 1 fully saturated rings. The van der Waals surface area contributed by atoms with Crippen LogP contribution in [0.2, 0.25) is 0 Å². The van der Waals surface area contributed by atoms with Crippen LogP contribution in [-0.2, 0) is 11.3 Å². The molecular weight excluding hydrogens is 333 g/mol. The lowest BCUT2D eigenvalue weighted by atomic mass is 9.75. The van der Waals surface area contributed by atoms with Crippen molar-refractivity contribution in [3.63, 3.8) is 0 Å². The Balaban J connectivity index is 1.60. The first kappa shape index (κ1) is 18.5. The molecule has 1 amide bonds. The quantitative estimate of drug-likeness (QED) is 0.798. The number of nitrogens with zero attached hydrogens (tertiary/aromatic N) is 2. The molecule has 0 saturated heterocycles. The molecule has 2 aromatic rings. The fraction of sp³-hybridized carbons (Fsp3) is 0.400. The molecule has 3 rings (SSSR count). The molecule has 1 atom stereocenters. The Kier molecular flexibility index (Phi) is 5.96. The van der Waals surface area contributed by atoms with Crippen LogP contribution in [0.25, 0.3) is 0 Å². The van der Waals surface area contributed by atoms with Crippen molar-refractivity contribution in [2.45, 2.75) is 31.5 Å². The van der Waals surface area contributed by atoms with Gasteiger partial charge in [0.2, 0.25) is 5.91 Å². The maximum absolute atomic E-state index is 13.2. The number of nitrogens with one attached hydrogen (secondary N) is 1. The van der Waals surface area contributed by atoms with Gasteiger partial charge in [0.15, 0.2) is 0 Å². The van der Waals surface area contributed by atoms with Gasteiger partial charge >= 0.3 is 0 Å². The molecule has 1 saturated carbocycles. The van der Waals surface area contributed by atoms with E-state index >= 15 is 0 Å². The SMILES string of the molecule is CN(CC(=O)N[C@H](c1ccc(F)cc1)C1CC(O)C1)Cc1ccncc1. The number of hydrogen-bond donors (Lipinski definition) is 2. The second kappa shape index (κ2) is 8.38. The number of aromatic nitrogens is 1. The van der Waals surface area contributed by atoms with E-state index in [1.165, 1.54) is 12.1 Å². The second-order valence-electron chi connectivity index (χ2n) is 7.01. The Morgan fingerprint density at radius 1 is 1.27 bits per heavy atom. The largest absolute Gasteiger partial charge is 0.393 e. The molecule has 1 aliphatic carbocycles. The van der Waals surface area contributed by atoms with Gasteiger partial charge in [-0.3, -0.25) is 14.7 Å². The van der Waals surface area contributed by atoms with Crippen LogP contribution in [0.1, 0.15) is 30.0 Å². The molecule has 1 heterocycles. The Morgan fingerprint density at radius 3 is 2.54 bits per heavy atom. The van der Waals surface area contributed by atoms with Gasteiger partial charge in [-0.2, -0.15) is 0 Å². The number of amides is 1. The lowest BCUT2D eigenvalue weighted by Crippen LogP contribution is -2.44. The van der Waals surface area contributed by atoms with E-state index in [4.69, 9.17) is 0 Å². The third kappa shape index (κ3) is 4.86. The molecule has 1 aromatic heterocycles. The van der Waals surface area contributed by atoms with Crippen molar-refractivity contribution in [2.24, 2.45) is 5.92 Å². The highest BCUT2D eigenvalue weighted by atomic mass is 19.1. The van der Waals surface area contributed by atoms with Gasteiger partial charge in [-0.1, -0.05) is 12.1 Å². The van der Waals surface area contributed by atoms with Crippen LogP contribution >= 0.6 is 0 Å². The van der Waals surface area contributed by atoms with Crippen LogP contribution in [0.4, 0.5) is 4.39 Å². The van der Waals surface area contributed by atoms with E-state index in [1.807, 2.05) is 24.1 Å². The first-order chi connectivity index (χ1) is 12.5. The fourth-order valence-corrected chi connectivity index (χ4v) is 3.37. The number of likely N-dealkylation sites (N-methyl/N-ethyl adjacent to an activating group) is 1. The molecule has 0 unspecified atom stereocenters. The number of carbonyl (C=O) groups excluding carboxylic acids is 1. The second-order valence-corrected chi connectivity index (χ2v) is 7.01. The number of carbonyl (C=O) groups is 1. The molecule has 1 aliphatic rings. The van der Waals surface area contributed by atoms with Crippen molar-refractivity contribution < 1.29 is 14.3 Å². The van der Waals surface area contributed by atoms with Crippen LogP contribution < -0.4 is 5.32 Å². The predicted octanol–water partition coefficient (Wildman–Crippen LogP) is 2.28. The van der Waals surface area contributed by atoms with Crippen molar-refractivity contribution in [1.29, 1.82) is 0 Å². The summed E-state index contributed by atoms with van der Waals surface area (Å²) in [4.78, 5) is 18.4. The maximum atomic E-state index is 13.2. The third-order valence-electron chi connectivity index (χ3n) is 4.78. The van der Waals surface area contributed by atoms with Gasteiger partial charge in [0.1, 0.15) is 5.82 Å². The molecule has 0 spiro atoms. The number of hydrogen-bond acceptors (Lipinski definition) is 4. The summed E-state index contributed by atoms with van der Waals surface area (Å²) in [5.74, 6) is -0.216. The van der Waals surface area contributed by atoms with Gasteiger partial charge < -0.3 is 10.4 Å². The fourth-order valence-electron chi connectivity index (χ4n) is 3.37. The summed E-state index contributed by atoms with van der Waals surface area (Å²) in [5.41, 5.74) is 1.96. The highest BCUT2D eigenvalue weighted by Gasteiger charge is 2.35. The summed E-state index contributed by atoms with van der Waals surface area (Å²) in [7, 11) is 1.89. The number of aliphatic hydroxyl groups is 1. The lowest BCUT2D eigenvalue weighted by molar-refractivity contribution is -0.124. The first-order valence-electron chi connectivity index (χ1n) is 8.81. The van der Waals surface area contributed by atoms with E-state index in [0.717, 1.165) is 11.1 Å². The normalized spacial score (nSPS) is 20.5.